The number of nitrogens with one attached hydrogen (secondary N) is 1. The van der Waals surface area contributed by atoms with Gasteiger partial charge < -0.3 is 14.6 Å². The number of nitrogens with zero attached hydrogens (tertiary/aromatic N) is 2. The topological polar surface area (TPSA) is 48.7 Å². The average molecular weight is 347 g/mol. The number of furan rings is 1. The molecule has 3 heterocycles. The number of piperazine rings is 1. The summed E-state index contributed by atoms with van der Waals surface area (Å²) in [5, 5.41) is 7.18. The number of thiophene rings is 1. The first-order valence-corrected chi connectivity index (χ1v) is 9.36. The summed E-state index contributed by atoms with van der Waals surface area (Å²) in [6.07, 6.45) is 0.837. The normalized spacial score (nSPS) is 17.8. The maximum absolute atomic E-state index is 12.3. The molecule has 0 radical (unpaired) electrons. The lowest BCUT2D eigenvalue weighted by molar-refractivity contribution is 0.0905. The zero-order valence-electron chi connectivity index (χ0n) is 14.3. The van der Waals surface area contributed by atoms with Gasteiger partial charge in [-0.05, 0) is 54.9 Å². The second-order valence-corrected chi connectivity index (χ2v) is 7.34. The Kier molecular flexibility index (Phi) is 5.71. The van der Waals surface area contributed by atoms with E-state index in [0.717, 1.165) is 44.9 Å². The van der Waals surface area contributed by atoms with Crippen LogP contribution in [0.2, 0.25) is 0 Å². The van der Waals surface area contributed by atoms with Crippen molar-refractivity contribution >= 4 is 17.2 Å². The summed E-state index contributed by atoms with van der Waals surface area (Å²) in [7, 11) is 2.14. The zero-order chi connectivity index (χ0) is 16.9. The van der Waals surface area contributed by atoms with Crippen molar-refractivity contribution in [2.75, 3.05) is 33.2 Å². The highest BCUT2D eigenvalue weighted by atomic mass is 32.1. The van der Waals surface area contributed by atoms with E-state index < -0.39 is 0 Å². The number of likely N-dealkylation sites (N-methyl/N-ethyl adjacent to an activating group) is 1. The highest BCUT2D eigenvalue weighted by Gasteiger charge is 2.18. The number of carbonyl (C=O) groups is 1. The van der Waals surface area contributed by atoms with Crippen LogP contribution in [0.3, 0.4) is 0 Å². The van der Waals surface area contributed by atoms with Gasteiger partial charge in [0.2, 0.25) is 0 Å². The fraction of sp³-hybridized carbons (Fsp3) is 0.500. The first-order valence-electron chi connectivity index (χ1n) is 8.41. The Morgan fingerprint density at radius 2 is 2.08 bits per heavy atom. The highest BCUT2D eigenvalue weighted by Crippen LogP contribution is 2.13. The highest BCUT2D eigenvalue weighted by molar-refractivity contribution is 7.07. The lowest BCUT2D eigenvalue weighted by Gasteiger charge is -2.31. The molecule has 24 heavy (non-hydrogen) atoms. The zero-order valence-corrected chi connectivity index (χ0v) is 15.1. The largest absolute Gasteiger partial charge is 0.455 e. The summed E-state index contributed by atoms with van der Waals surface area (Å²) in [6.45, 7) is 7.02. The minimum atomic E-state index is -0.137. The van der Waals surface area contributed by atoms with Crippen molar-refractivity contribution in [3.63, 3.8) is 0 Å². The molecule has 0 bridgehead atoms. The molecule has 1 saturated heterocycles. The molecule has 3 rings (SSSR count). The van der Waals surface area contributed by atoms with Crippen LogP contribution in [0, 0.1) is 0 Å². The summed E-state index contributed by atoms with van der Waals surface area (Å²) in [4.78, 5) is 17.0. The molecule has 0 spiro atoms. The van der Waals surface area contributed by atoms with Crippen LogP contribution < -0.4 is 5.32 Å². The third-order valence-electron chi connectivity index (χ3n) is 4.36. The average Bonchev–Trinajstić information content (AvgIpc) is 3.21. The summed E-state index contributed by atoms with van der Waals surface area (Å²) < 4.78 is 5.75. The van der Waals surface area contributed by atoms with Crippen LogP contribution in [0.1, 0.15) is 28.8 Å². The molecule has 1 atom stereocenters. The Hall–Kier alpha value is -1.63. The molecule has 1 amide bonds. The molecule has 2 aromatic rings. The van der Waals surface area contributed by atoms with Gasteiger partial charge in [0.25, 0.3) is 5.91 Å². The summed E-state index contributed by atoms with van der Waals surface area (Å²) in [6, 6.07) is 5.86. The van der Waals surface area contributed by atoms with Crippen molar-refractivity contribution in [3.8, 4) is 0 Å². The van der Waals surface area contributed by atoms with E-state index in [4.69, 9.17) is 4.42 Å². The van der Waals surface area contributed by atoms with Gasteiger partial charge in [-0.15, -0.1) is 0 Å². The van der Waals surface area contributed by atoms with Gasteiger partial charge in [-0.2, -0.15) is 11.3 Å². The van der Waals surface area contributed by atoms with Crippen molar-refractivity contribution in [2.24, 2.45) is 0 Å². The quantitative estimate of drug-likeness (QED) is 0.872. The number of hydrogen-bond donors (Lipinski definition) is 1. The molecule has 0 unspecified atom stereocenters. The van der Waals surface area contributed by atoms with Crippen LogP contribution in [-0.2, 0) is 13.0 Å². The molecule has 1 aliphatic rings. The molecule has 0 aliphatic carbocycles. The van der Waals surface area contributed by atoms with Gasteiger partial charge in [0.1, 0.15) is 5.76 Å². The lowest BCUT2D eigenvalue weighted by Crippen LogP contribution is -2.43. The molecular formula is C18H25N3O2S. The summed E-state index contributed by atoms with van der Waals surface area (Å²) in [5.74, 6) is 1.12. The molecule has 2 aromatic heterocycles. The van der Waals surface area contributed by atoms with E-state index in [0.29, 0.717) is 5.76 Å². The van der Waals surface area contributed by atoms with Gasteiger partial charge in [-0.25, -0.2) is 0 Å². The Morgan fingerprint density at radius 1 is 1.29 bits per heavy atom. The monoisotopic (exact) mass is 347 g/mol. The third-order valence-corrected chi connectivity index (χ3v) is 5.09. The lowest BCUT2D eigenvalue weighted by atomic mass is 10.1. The van der Waals surface area contributed by atoms with E-state index >= 15 is 0 Å². The Balaban J connectivity index is 1.50. The van der Waals surface area contributed by atoms with Crippen LogP contribution >= 0.6 is 11.3 Å². The van der Waals surface area contributed by atoms with Gasteiger partial charge in [0, 0.05) is 32.2 Å². The second kappa shape index (κ2) is 7.96. The van der Waals surface area contributed by atoms with Crippen molar-refractivity contribution in [1.82, 2.24) is 15.1 Å². The Labute approximate surface area is 147 Å². The van der Waals surface area contributed by atoms with Crippen LogP contribution in [-0.4, -0.2) is 55.0 Å². The SMILES string of the molecule is C[C@@H](Cc1ccsc1)NC(=O)c1ccc(CN2CCN(C)CC2)o1. The van der Waals surface area contributed by atoms with Gasteiger partial charge >= 0.3 is 0 Å². The number of amides is 1. The predicted octanol–water partition coefficient (Wildman–Crippen LogP) is 2.45. The van der Waals surface area contributed by atoms with Gasteiger partial charge in [-0.1, -0.05) is 0 Å². The van der Waals surface area contributed by atoms with Crippen LogP contribution in [0.4, 0.5) is 0 Å². The number of rotatable bonds is 6. The second-order valence-electron chi connectivity index (χ2n) is 6.56. The van der Waals surface area contributed by atoms with E-state index in [9.17, 15) is 4.79 Å². The van der Waals surface area contributed by atoms with E-state index in [1.165, 1.54) is 5.56 Å². The first-order chi connectivity index (χ1) is 11.6. The maximum Gasteiger partial charge on any atom is 0.287 e. The molecule has 1 N–H and O–H groups in total. The third kappa shape index (κ3) is 4.69. The number of carbonyl (C=O) groups excluding carboxylic acids is 1. The van der Waals surface area contributed by atoms with E-state index in [-0.39, 0.29) is 11.9 Å². The summed E-state index contributed by atoms with van der Waals surface area (Å²) >= 11 is 1.68. The van der Waals surface area contributed by atoms with Gasteiger partial charge in [0.05, 0.1) is 6.54 Å². The van der Waals surface area contributed by atoms with Crippen molar-refractivity contribution in [3.05, 3.63) is 46.0 Å². The Bertz CT molecular complexity index is 645. The standard InChI is InChI=1S/C18H25N3O2S/c1-14(11-15-5-10-24-13-15)19-18(22)17-4-3-16(23-17)12-21-8-6-20(2)7-9-21/h3-5,10,13-14H,6-9,11-12H2,1-2H3,(H,19,22)/t14-/m0/s1. The Morgan fingerprint density at radius 3 is 2.79 bits per heavy atom. The molecule has 1 aliphatic heterocycles. The smallest absolute Gasteiger partial charge is 0.287 e. The van der Waals surface area contributed by atoms with Gasteiger partial charge in [0.15, 0.2) is 5.76 Å². The minimum absolute atomic E-state index is 0.0817. The fourth-order valence-electron chi connectivity index (χ4n) is 2.92. The van der Waals surface area contributed by atoms with Crippen molar-refractivity contribution < 1.29 is 9.21 Å². The van der Waals surface area contributed by atoms with E-state index in [1.807, 2.05) is 13.0 Å². The molecular weight excluding hydrogens is 322 g/mol. The molecule has 0 saturated carbocycles. The fourth-order valence-corrected chi connectivity index (χ4v) is 3.60. The molecule has 130 valence electrons. The minimum Gasteiger partial charge on any atom is -0.455 e. The molecule has 0 aromatic carbocycles. The van der Waals surface area contributed by atoms with Crippen LogP contribution in [0.25, 0.3) is 0 Å². The van der Waals surface area contributed by atoms with Crippen LogP contribution in [0.15, 0.2) is 33.4 Å². The number of hydrogen-bond acceptors (Lipinski definition) is 5. The van der Waals surface area contributed by atoms with E-state index in [1.54, 1.807) is 17.4 Å². The van der Waals surface area contributed by atoms with E-state index in [2.05, 4.69) is 39.0 Å². The van der Waals surface area contributed by atoms with Crippen molar-refractivity contribution in [2.45, 2.75) is 25.9 Å². The van der Waals surface area contributed by atoms with Gasteiger partial charge in [-0.3, -0.25) is 9.69 Å². The summed E-state index contributed by atoms with van der Waals surface area (Å²) in [5.41, 5.74) is 1.25. The van der Waals surface area contributed by atoms with Crippen LogP contribution in [0.5, 0.6) is 0 Å². The molecule has 1 fully saturated rings. The molecule has 6 heteroatoms. The van der Waals surface area contributed by atoms with Crippen molar-refractivity contribution in [1.29, 1.82) is 0 Å². The first kappa shape index (κ1) is 17.2. The molecule has 5 nitrogen and oxygen atoms in total. The predicted molar refractivity (Wildman–Crippen MR) is 96.4 cm³/mol. The maximum atomic E-state index is 12.3.